The van der Waals surface area contributed by atoms with E-state index in [1.807, 2.05) is 13.8 Å². The van der Waals surface area contributed by atoms with E-state index in [0.717, 1.165) is 0 Å². The number of carbonyl (C=O) groups is 1. The summed E-state index contributed by atoms with van der Waals surface area (Å²) in [6.07, 6.45) is 0. The van der Waals surface area contributed by atoms with Crippen LogP contribution in [0.5, 0.6) is 5.75 Å². The van der Waals surface area contributed by atoms with E-state index in [0.29, 0.717) is 5.75 Å². The molecule has 0 heterocycles. The maximum Gasteiger partial charge on any atom is 0.310 e. The zero-order chi connectivity index (χ0) is 12.1. The predicted molar refractivity (Wildman–Crippen MR) is 57.9 cm³/mol. The fraction of sp³-hybridized carbons (Fsp3) is 0.417. The number of ether oxygens (including phenoxy) is 1. The first-order valence-corrected chi connectivity index (χ1v) is 5.12. The molecule has 0 saturated carbocycles. The summed E-state index contributed by atoms with van der Waals surface area (Å²) in [5.74, 6) is -1.29. The quantitative estimate of drug-likeness (QED) is 0.839. The van der Waals surface area contributed by atoms with Crippen molar-refractivity contribution in [3.05, 3.63) is 30.1 Å². The fourth-order valence-corrected chi connectivity index (χ4v) is 1.27. The number of carboxylic acid groups (broad SMARTS) is 1. The first-order chi connectivity index (χ1) is 7.50. The highest BCUT2D eigenvalue weighted by molar-refractivity contribution is 5.70. The van der Waals surface area contributed by atoms with Crippen molar-refractivity contribution in [1.82, 2.24) is 0 Å². The van der Waals surface area contributed by atoms with Gasteiger partial charge in [0.1, 0.15) is 18.2 Å². The van der Waals surface area contributed by atoms with E-state index in [2.05, 4.69) is 0 Å². The van der Waals surface area contributed by atoms with Gasteiger partial charge in [0.2, 0.25) is 0 Å². The lowest BCUT2D eigenvalue weighted by Crippen LogP contribution is -2.26. The molecule has 1 rings (SSSR count). The Hall–Kier alpha value is -1.58. The summed E-state index contributed by atoms with van der Waals surface area (Å²) in [6, 6.07) is 5.52. The number of hydrogen-bond donors (Lipinski definition) is 1. The van der Waals surface area contributed by atoms with Gasteiger partial charge in [-0.25, -0.2) is 4.39 Å². The lowest BCUT2D eigenvalue weighted by Gasteiger charge is -2.16. The van der Waals surface area contributed by atoms with Crippen LogP contribution in [0.15, 0.2) is 24.3 Å². The molecule has 0 bridgehead atoms. The number of hydrogen-bond acceptors (Lipinski definition) is 2. The monoisotopic (exact) mass is 226 g/mol. The zero-order valence-corrected chi connectivity index (χ0v) is 9.31. The topological polar surface area (TPSA) is 46.5 Å². The molecule has 0 amide bonds. The van der Waals surface area contributed by atoms with Crippen LogP contribution in [0.25, 0.3) is 0 Å². The van der Waals surface area contributed by atoms with Gasteiger partial charge < -0.3 is 9.84 Å². The number of halogens is 1. The SMILES string of the molecule is CC(C)C(COc1ccc(F)cc1)C(=O)O. The average molecular weight is 226 g/mol. The van der Waals surface area contributed by atoms with Crippen LogP contribution in [0.3, 0.4) is 0 Å². The Labute approximate surface area is 93.9 Å². The van der Waals surface area contributed by atoms with Crippen molar-refractivity contribution in [2.45, 2.75) is 13.8 Å². The Morgan fingerprint density at radius 2 is 1.94 bits per heavy atom. The number of carboxylic acids is 1. The van der Waals surface area contributed by atoms with E-state index in [1.165, 1.54) is 24.3 Å². The van der Waals surface area contributed by atoms with Crippen LogP contribution >= 0.6 is 0 Å². The van der Waals surface area contributed by atoms with Crippen LogP contribution in [0, 0.1) is 17.7 Å². The predicted octanol–water partition coefficient (Wildman–Crippen LogP) is 2.56. The van der Waals surface area contributed by atoms with Gasteiger partial charge in [-0.1, -0.05) is 13.8 Å². The minimum atomic E-state index is -0.878. The van der Waals surface area contributed by atoms with Gasteiger partial charge in [-0.15, -0.1) is 0 Å². The first-order valence-electron chi connectivity index (χ1n) is 5.12. The van der Waals surface area contributed by atoms with E-state index < -0.39 is 11.9 Å². The highest BCUT2D eigenvalue weighted by atomic mass is 19.1. The minimum Gasteiger partial charge on any atom is -0.493 e. The molecule has 0 aliphatic rings. The normalized spacial score (nSPS) is 12.5. The third-order valence-electron chi connectivity index (χ3n) is 2.37. The Bertz CT molecular complexity index is 346. The third-order valence-corrected chi connectivity index (χ3v) is 2.37. The van der Waals surface area contributed by atoms with E-state index in [4.69, 9.17) is 9.84 Å². The van der Waals surface area contributed by atoms with Gasteiger partial charge in [-0.2, -0.15) is 0 Å². The van der Waals surface area contributed by atoms with Gasteiger partial charge in [0.25, 0.3) is 0 Å². The molecule has 1 aromatic rings. The smallest absolute Gasteiger partial charge is 0.310 e. The maximum atomic E-state index is 12.6. The van der Waals surface area contributed by atoms with Crippen molar-refractivity contribution < 1.29 is 19.0 Å². The average Bonchev–Trinajstić information content (AvgIpc) is 2.20. The van der Waals surface area contributed by atoms with Crippen molar-refractivity contribution in [2.75, 3.05) is 6.61 Å². The summed E-state index contributed by atoms with van der Waals surface area (Å²) in [5.41, 5.74) is 0. The van der Waals surface area contributed by atoms with Crippen molar-refractivity contribution >= 4 is 5.97 Å². The van der Waals surface area contributed by atoms with E-state index in [9.17, 15) is 9.18 Å². The third kappa shape index (κ3) is 3.53. The standard InChI is InChI=1S/C12H15FO3/c1-8(2)11(12(14)15)7-16-10-5-3-9(13)4-6-10/h3-6,8,11H,7H2,1-2H3,(H,14,15). The fourth-order valence-electron chi connectivity index (χ4n) is 1.27. The highest BCUT2D eigenvalue weighted by Crippen LogP contribution is 2.16. The van der Waals surface area contributed by atoms with Gasteiger partial charge in [0.15, 0.2) is 0 Å². The van der Waals surface area contributed by atoms with Gasteiger partial charge in [-0.05, 0) is 30.2 Å². The van der Waals surface area contributed by atoms with Crippen LogP contribution < -0.4 is 4.74 Å². The summed E-state index contributed by atoms with van der Waals surface area (Å²) in [6.45, 7) is 3.75. The molecule has 3 nitrogen and oxygen atoms in total. The Balaban J connectivity index is 2.55. The summed E-state index contributed by atoms with van der Waals surface area (Å²) < 4.78 is 17.9. The van der Waals surface area contributed by atoms with Crippen LogP contribution in [0.1, 0.15) is 13.8 Å². The van der Waals surface area contributed by atoms with Crippen LogP contribution in [-0.4, -0.2) is 17.7 Å². The molecule has 4 heteroatoms. The molecule has 0 fully saturated rings. The molecular formula is C12H15FO3. The molecule has 0 spiro atoms. The molecule has 0 radical (unpaired) electrons. The molecule has 1 N–H and O–H groups in total. The minimum absolute atomic E-state index is 0.00190. The molecule has 88 valence electrons. The largest absolute Gasteiger partial charge is 0.493 e. The molecule has 0 saturated heterocycles. The van der Waals surface area contributed by atoms with E-state index in [-0.39, 0.29) is 18.3 Å². The highest BCUT2D eigenvalue weighted by Gasteiger charge is 2.22. The van der Waals surface area contributed by atoms with Crippen LogP contribution in [0.4, 0.5) is 4.39 Å². The summed E-state index contributed by atoms with van der Waals surface area (Å²) in [4.78, 5) is 10.9. The second-order valence-electron chi connectivity index (χ2n) is 3.95. The molecule has 0 aliphatic carbocycles. The van der Waals surface area contributed by atoms with Gasteiger partial charge in [0, 0.05) is 0 Å². The summed E-state index contributed by atoms with van der Waals surface area (Å²) >= 11 is 0. The summed E-state index contributed by atoms with van der Waals surface area (Å²) in [5, 5.41) is 8.93. The van der Waals surface area contributed by atoms with Crippen LogP contribution in [0.2, 0.25) is 0 Å². The molecule has 1 aromatic carbocycles. The van der Waals surface area contributed by atoms with E-state index >= 15 is 0 Å². The van der Waals surface area contributed by atoms with E-state index in [1.54, 1.807) is 0 Å². The Kier molecular flexibility index (Phi) is 4.28. The van der Waals surface area contributed by atoms with Gasteiger partial charge >= 0.3 is 5.97 Å². The molecule has 1 atom stereocenters. The van der Waals surface area contributed by atoms with Gasteiger partial charge in [-0.3, -0.25) is 4.79 Å². The maximum absolute atomic E-state index is 12.6. The molecular weight excluding hydrogens is 211 g/mol. The summed E-state index contributed by atoms with van der Waals surface area (Å²) in [7, 11) is 0. The lowest BCUT2D eigenvalue weighted by molar-refractivity contribution is -0.144. The number of benzene rings is 1. The Morgan fingerprint density at radius 3 is 2.38 bits per heavy atom. The van der Waals surface area contributed by atoms with Crippen molar-refractivity contribution in [2.24, 2.45) is 11.8 Å². The number of aliphatic carboxylic acids is 1. The van der Waals surface area contributed by atoms with Crippen molar-refractivity contribution in [3.8, 4) is 5.75 Å². The second-order valence-corrected chi connectivity index (χ2v) is 3.95. The Morgan fingerprint density at radius 1 is 1.38 bits per heavy atom. The molecule has 0 aliphatic heterocycles. The molecule has 16 heavy (non-hydrogen) atoms. The zero-order valence-electron chi connectivity index (χ0n) is 9.31. The first kappa shape index (κ1) is 12.5. The van der Waals surface area contributed by atoms with Crippen molar-refractivity contribution in [1.29, 1.82) is 0 Å². The molecule has 0 aromatic heterocycles. The molecule has 1 unspecified atom stereocenters. The van der Waals surface area contributed by atoms with Gasteiger partial charge in [0.05, 0.1) is 5.92 Å². The second kappa shape index (κ2) is 5.49. The number of rotatable bonds is 5. The van der Waals surface area contributed by atoms with Crippen molar-refractivity contribution in [3.63, 3.8) is 0 Å². The lowest BCUT2D eigenvalue weighted by atomic mass is 9.97. The van der Waals surface area contributed by atoms with Crippen LogP contribution in [-0.2, 0) is 4.79 Å².